The average Bonchev–Trinajstić information content (AvgIpc) is 2.69. The van der Waals surface area contributed by atoms with Crippen molar-refractivity contribution in [1.82, 2.24) is 5.32 Å². The number of rotatable bonds is 5. The molecule has 0 fully saturated rings. The molecule has 0 saturated carbocycles. The second kappa shape index (κ2) is 8.41. The van der Waals surface area contributed by atoms with Crippen LogP contribution in [-0.4, -0.2) is 13.1 Å². The molecule has 1 atom stereocenters. The van der Waals surface area contributed by atoms with Crippen molar-refractivity contribution in [2.24, 2.45) is 0 Å². The number of nitrogens with one attached hydrogen (secondary N) is 2. The van der Waals surface area contributed by atoms with Gasteiger partial charge in [0.25, 0.3) is 0 Å². The summed E-state index contributed by atoms with van der Waals surface area (Å²) < 4.78 is 5.21. The average molecular weight is 367 g/mol. The Hall–Kier alpha value is -2.98. The topological polar surface area (TPSA) is 50.4 Å². The Morgan fingerprint density at radius 2 is 1.50 bits per heavy atom. The first-order valence-electron chi connectivity index (χ1n) is 8.17. The van der Waals surface area contributed by atoms with Crippen molar-refractivity contribution in [2.75, 3.05) is 12.4 Å². The predicted molar refractivity (Wildman–Crippen MR) is 105 cm³/mol. The van der Waals surface area contributed by atoms with E-state index in [1.165, 1.54) is 0 Å². The molecule has 26 heavy (non-hydrogen) atoms. The number of carbonyl (C=O) groups is 1. The van der Waals surface area contributed by atoms with E-state index in [1.54, 1.807) is 31.4 Å². The third-order valence-corrected chi connectivity index (χ3v) is 4.21. The summed E-state index contributed by atoms with van der Waals surface area (Å²) in [4.78, 5) is 12.5. The number of methoxy groups -OCH3 is 1. The van der Waals surface area contributed by atoms with Gasteiger partial charge in [0.1, 0.15) is 5.75 Å². The van der Waals surface area contributed by atoms with Gasteiger partial charge in [0.15, 0.2) is 0 Å². The Morgan fingerprint density at radius 3 is 2.12 bits per heavy atom. The van der Waals surface area contributed by atoms with Crippen LogP contribution >= 0.6 is 11.6 Å². The fourth-order valence-corrected chi connectivity index (χ4v) is 2.76. The van der Waals surface area contributed by atoms with Gasteiger partial charge in [-0.3, -0.25) is 0 Å². The molecular formula is C21H19ClN2O2. The molecule has 132 valence electrons. The van der Waals surface area contributed by atoms with Gasteiger partial charge in [-0.25, -0.2) is 4.79 Å². The van der Waals surface area contributed by atoms with Crippen LogP contribution in [0.3, 0.4) is 0 Å². The molecule has 0 radical (unpaired) electrons. The number of carbonyl (C=O) groups excluding carboxylic acids is 1. The molecule has 0 aliphatic carbocycles. The van der Waals surface area contributed by atoms with Crippen LogP contribution in [0.5, 0.6) is 5.75 Å². The van der Waals surface area contributed by atoms with Crippen molar-refractivity contribution in [1.29, 1.82) is 0 Å². The molecular weight excluding hydrogens is 348 g/mol. The number of hydrogen-bond acceptors (Lipinski definition) is 2. The van der Waals surface area contributed by atoms with Crippen molar-refractivity contribution < 1.29 is 9.53 Å². The molecule has 0 unspecified atom stereocenters. The van der Waals surface area contributed by atoms with E-state index in [0.717, 1.165) is 16.9 Å². The molecule has 2 N–H and O–H groups in total. The Bertz CT molecular complexity index is 849. The number of urea groups is 1. The lowest BCUT2D eigenvalue weighted by molar-refractivity contribution is 0.250. The predicted octanol–water partition coefficient (Wildman–Crippen LogP) is 5.26. The highest BCUT2D eigenvalue weighted by molar-refractivity contribution is 6.30. The van der Waals surface area contributed by atoms with Crippen LogP contribution in [0.25, 0.3) is 0 Å². The monoisotopic (exact) mass is 366 g/mol. The second-order valence-electron chi connectivity index (χ2n) is 5.72. The number of ether oxygens (including phenoxy) is 1. The lowest BCUT2D eigenvalue weighted by atomic mass is 9.99. The van der Waals surface area contributed by atoms with E-state index >= 15 is 0 Å². The minimum Gasteiger partial charge on any atom is -0.497 e. The van der Waals surface area contributed by atoms with E-state index in [4.69, 9.17) is 16.3 Å². The number of amides is 2. The molecule has 4 nitrogen and oxygen atoms in total. The van der Waals surface area contributed by atoms with Crippen LogP contribution in [0, 0.1) is 0 Å². The van der Waals surface area contributed by atoms with E-state index < -0.39 is 0 Å². The normalized spacial score (nSPS) is 11.5. The maximum Gasteiger partial charge on any atom is 0.319 e. The Kier molecular flexibility index (Phi) is 5.77. The van der Waals surface area contributed by atoms with Crippen LogP contribution in [0.4, 0.5) is 10.5 Å². The van der Waals surface area contributed by atoms with Crippen LogP contribution in [0.15, 0.2) is 78.9 Å². The second-order valence-corrected chi connectivity index (χ2v) is 6.16. The minimum absolute atomic E-state index is 0.283. The number of halogens is 1. The SMILES string of the molecule is COc1ccc([C@@H](NC(=O)Nc2ccc(Cl)cc2)c2ccccc2)cc1. The van der Waals surface area contributed by atoms with Crippen LogP contribution < -0.4 is 15.4 Å². The maximum absolute atomic E-state index is 12.5. The molecule has 0 aliphatic heterocycles. The third-order valence-electron chi connectivity index (χ3n) is 3.96. The summed E-state index contributed by atoms with van der Waals surface area (Å²) in [5, 5.41) is 6.48. The first-order valence-corrected chi connectivity index (χ1v) is 8.55. The van der Waals surface area contributed by atoms with E-state index in [2.05, 4.69) is 10.6 Å². The summed E-state index contributed by atoms with van der Waals surface area (Å²) >= 11 is 5.88. The fourth-order valence-electron chi connectivity index (χ4n) is 2.63. The van der Waals surface area contributed by atoms with Gasteiger partial charge in [-0.2, -0.15) is 0 Å². The largest absolute Gasteiger partial charge is 0.497 e. The standard InChI is InChI=1S/C21H19ClN2O2/c1-26-19-13-7-16(8-14-19)20(15-5-3-2-4-6-15)24-21(25)23-18-11-9-17(22)10-12-18/h2-14,20H,1H3,(H2,23,24,25)/t20-/m0/s1. The van der Waals surface area contributed by atoms with Crippen molar-refractivity contribution in [3.8, 4) is 5.75 Å². The maximum atomic E-state index is 12.5. The number of hydrogen-bond donors (Lipinski definition) is 2. The molecule has 0 heterocycles. The molecule has 0 bridgehead atoms. The molecule has 0 aliphatic rings. The quantitative estimate of drug-likeness (QED) is 0.647. The molecule has 3 aromatic rings. The van der Waals surface area contributed by atoms with Gasteiger partial charge < -0.3 is 15.4 Å². The van der Waals surface area contributed by atoms with Gasteiger partial charge in [-0.05, 0) is 47.5 Å². The zero-order chi connectivity index (χ0) is 18.4. The summed E-state index contributed by atoms with van der Waals surface area (Å²) in [6.07, 6.45) is 0. The number of benzene rings is 3. The van der Waals surface area contributed by atoms with Crippen molar-refractivity contribution in [2.45, 2.75) is 6.04 Å². The Balaban J connectivity index is 1.81. The van der Waals surface area contributed by atoms with Gasteiger partial charge in [0.2, 0.25) is 0 Å². The summed E-state index contributed by atoms with van der Waals surface area (Å²) in [7, 11) is 1.63. The van der Waals surface area contributed by atoms with E-state index in [1.807, 2.05) is 54.6 Å². The van der Waals surface area contributed by atoms with E-state index in [9.17, 15) is 4.79 Å². The van der Waals surface area contributed by atoms with Gasteiger partial charge >= 0.3 is 6.03 Å². The Morgan fingerprint density at radius 1 is 0.885 bits per heavy atom. The highest BCUT2D eigenvalue weighted by Gasteiger charge is 2.17. The molecule has 3 aromatic carbocycles. The molecule has 2 amide bonds. The highest BCUT2D eigenvalue weighted by atomic mass is 35.5. The lowest BCUT2D eigenvalue weighted by Crippen LogP contribution is -2.33. The summed E-state index contributed by atoms with van der Waals surface area (Å²) in [6.45, 7) is 0. The smallest absolute Gasteiger partial charge is 0.319 e. The Labute approximate surface area is 157 Å². The summed E-state index contributed by atoms with van der Waals surface area (Å²) in [5.74, 6) is 0.770. The molecule has 0 aromatic heterocycles. The van der Waals surface area contributed by atoms with Crippen LogP contribution in [-0.2, 0) is 0 Å². The lowest BCUT2D eigenvalue weighted by Gasteiger charge is -2.20. The van der Waals surface area contributed by atoms with E-state index in [-0.39, 0.29) is 12.1 Å². The zero-order valence-electron chi connectivity index (χ0n) is 14.3. The fraction of sp³-hybridized carbons (Fsp3) is 0.0952. The van der Waals surface area contributed by atoms with E-state index in [0.29, 0.717) is 10.7 Å². The molecule has 5 heteroatoms. The third kappa shape index (κ3) is 4.55. The molecule has 0 saturated heterocycles. The van der Waals surface area contributed by atoms with Gasteiger partial charge in [0.05, 0.1) is 13.2 Å². The molecule has 0 spiro atoms. The highest BCUT2D eigenvalue weighted by Crippen LogP contribution is 2.24. The van der Waals surface area contributed by atoms with Crippen molar-refractivity contribution >= 4 is 23.3 Å². The number of anilines is 1. The van der Waals surface area contributed by atoms with Gasteiger partial charge in [0, 0.05) is 10.7 Å². The van der Waals surface area contributed by atoms with Crippen LogP contribution in [0.1, 0.15) is 17.2 Å². The van der Waals surface area contributed by atoms with Crippen molar-refractivity contribution in [3.05, 3.63) is 95.0 Å². The summed E-state index contributed by atoms with van der Waals surface area (Å²) in [5.41, 5.74) is 2.63. The van der Waals surface area contributed by atoms with Gasteiger partial charge in [-0.1, -0.05) is 54.1 Å². The van der Waals surface area contributed by atoms with Crippen molar-refractivity contribution in [3.63, 3.8) is 0 Å². The summed E-state index contributed by atoms with van der Waals surface area (Å²) in [6, 6.07) is 23.9. The minimum atomic E-state index is -0.294. The zero-order valence-corrected chi connectivity index (χ0v) is 15.0. The van der Waals surface area contributed by atoms with Crippen LogP contribution in [0.2, 0.25) is 5.02 Å². The first-order chi connectivity index (χ1) is 12.7. The molecule has 3 rings (SSSR count). The first kappa shape index (κ1) is 17.8. The van der Waals surface area contributed by atoms with Gasteiger partial charge in [-0.15, -0.1) is 0 Å².